The van der Waals surface area contributed by atoms with Crippen molar-refractivity contribution >= 4 is 16.9 Å². The van der Waals surface area contributed by atoms with Gasteiger partial charge < -0.3 is 9.15 Å². The number of halogens is 1. The summed E-state index contributed by atoms with van der Waals surface area (Å²) in [6.45, 7) is 1.69. The second-order valence-electron chi connectivity index (χ2n) is 3.04. The Balaban J connectivity index is 2.48. The maximum absolute atomic E-state index is 13.2. The Hall–Kier alpha value is -1.84. The highest BCUT2D eigenvalue weighted by Gasteiger charge is 2.12. The van der Waals surface area contributed by atoms with E-state index in [0.29, 0.717) is 5.39 Å². The lowest BCUT2D eigenvalue weighted by Crippen LogP contribution is -2.05. The van der Waals surface area contributed by atoms with Gasteiger partial charge in [-0.3, -0.25) is 4.79 Å². The lowest BCUT2D eigenvalue weighted by molar-refractivity contribution is -0.133. The summed E-state index contributed by atoms with van der Waals surface area (Å²) >= 11 is 0. The van der Waals surface area contributed by atoms with Gasteiger partial charge in [-0.05, 0) is 18.2 Å². The molecule has 0 radical (unpaired) electrons. The van der Waals surface area contributed by atoms with Crippen molar-refractivity contribution in [1.29, 1.82) is 0 Å². The fourth-order valence-corrected chi connectivity index (χ4v) is 1.28. The van der Waals surface area contributed by atoms with Crippen LogP contribution in [0.4, 0.5) is 4.39 Å². The average molecular weight is 208 g/mol. The zero-order chi connectivity index (χ0) is 10.8. The SMILES string of the molecule is CCC(=O)Oc1ccc(F)c2ccoc12. The molecule has 0 unspecified atom stereocenters. The zero-order valence-corrected chi connectivity index (χ0v) is 8.12. The highest BCUT2D eigenvalue weighted by molar-refractivity contribution is 5.86. The maximum atomic E-state index is 13.2. The first-order valence-electron chi connectivity index (χ1n) is 4.58. The predicted molar refractivity (Wildman–Crippen MR) is 52.1 cm³/mol. The molecule has 1 heterocycles. The van der Waals surface area contributed by atoms with Crippen molar-refractivity contribution in [3.05, 3.63) is 30.3 Å². The molecular formula is C11H9FO3. The Bertz CT molecular complexity index is 502. The molecule has 0 saturated heterocycles. The van der Waals surface area contributed by atoms with E-state index in [4.69, 9.17) is 9.15 Å². The Morgan fingerprint density at radius 3 is 3.00 bits per heavy atom. The van der Waals surface area contributed by atoms with E-state index in [-0.39, 0.29) is 23.7 Å². The standard InChI is InChI=1S/C11H9FO3/c1-2-10(13)15-9-4-3-8(12)7-5-6-14-11(7)9/h3-6H,2H2,1H3. The molecule has 0 aliphatic carbocycles. The summed E-state index contributed by atoms with van der Waals surface area (Å²) in [5, 5.41) is 0.316. The minimum absolute atomic E-state index is 0.253. The first kappa shape index (κ1) is 9.71. The van der Waals surface area contributed by atoms with Gasteiger partial charge in [-0.15, -0.1) is 0 Å². The fourth-order valence-electron chi connectivity index (χ4n) is 1.28. The molecule has 1 aromatic carbocycles. The molecule has 1 aromatic heterocycles. The Morgan fingerprint density at radius 1 is 1.47 bits per heavy atom. The van der Waals surface area contributed by atoms with Crippen LogP contribution in [0, 0.1) is 5.82 Å². The van der Waals surface area contributed by atoms with Crippen LogP contribution in [0.1, 0.15) is 13.3 Å². The molecule has 0 saturated carbocycles. The van der Waals surface area contributed by atoms with E-state index < -0.39 is 5.82 Å². The van der Waals surface area contributed by atoms with Gasteiger partial charge in [-0.1, -0.05) is 6.92 Å². The number of hydrogen-bond donors (Lipinski definition) is 0. The third-order valence-electron chi connectivity index (χ3n) is 2.04. The molecule has 0 amide bonds. The van der Waals surface area contributed by atoms with Crippen LogP contribution in [0.2, 0.25) is 0 Å². The predicted octanol–water partition coefficient (Wildman–Crippen LogP) is 2.89. The zero-order valence-electron chi connectivity index (χ0n) is 8.12. The lowest BCUT2D eigenvalue weighted by atomic mass is 10.2. The number of rotatable bonds is 2. The van der Waals surface area contributed by atoms with Crippen LogP contribution in [0.15, 0.2) is 28.9 Å². The Labute approximate surface area is 85.4 Å². The van der Waals surface area contributed by atoms with E-state index in [1.807, 2.05) is 0 Å². The summed E-state index contributed by atoms with van der Waals surface area (Å²) in [5.74, 6) is -0.516. The molecular weight excluding hydrogens is 199 g/mol. The van der Waals surface area contributed by atoms with Crippen LogP contribution < -0.4 is 4.74 Å². The molecule has 15 heavy (non-hydrogen) atoms. The van der Waals surface area contributed by atoms with Crippen LogP contribution in [-0.2, 0) is 4.79 Å². The highest BCUT2D eigenvalue weighted by Crippen LogP contribution is 2.28. The van der Waals surface area contributed by atoms with E-state index in [2.05, 4.69) is 0 Å². The number of ether oxygens (including phenoxy) is 1. The van der Waals surface area contributed by atoms with Gasteiger partial charge in [0.25, 0.3) is 0 Å². The molecule has 0 spiro atoms. The number of hydrogen-bond acceptors (Lipinski definition) is 3. The summed E-state index contributed by atoms with van der Waals surface area (Å²) in [6.07, 6.45) is 1.62. The number of carbonyl (C=O) groups is 1. The summed E-state index contributed by atoms with van der Waals surface area (Å²) in [6, 6.07) is 4.12. The van der Waals surface area contributed by atoms with Crippen LogP contribution in [0.3, 0.4) is 0 Å². The second-order valence-corrected chi connectivity index (χ2v) is 3.04. The van der Waals surface area contributed by atoms with Crippen molar-refractivity contribution in [2.45, 2.75) is 13.3 Å². The van der Waals surface area contributed by atoms with Gasteiger partial charge in [0.15, 0.2) is 11.3 Å². The molecule has 2 aromatic rings. The molecule has 4 heteroatoms. The lowest BCUT2D eigenvalue weighted by Gasteiger charge is -2.02. The molecule has 2 rings (SSSR count). The topological polar surface area (TPSA) is 39.4 Å². The van der Waals surface area contributed by atoms with E-state index in [9.17, 15) is 9.18 Å². The van der Waals surface area contributed by atoms with Gasteiger partial charge in [0.05, 0.1) is 11.6 Å². The maximum Gasteiger partial charge on any atom is 0.311 e. The summed E-state index contributed by atoms with van der Waals surface area (Å²) < 4.78 is 23.3. The van der Waals surface area contributed by atoms with E-state index in [1.54, 1.807) is 6.92 Å². The van der Waals surface area contributed by atoms with Crippen LogP contribution in [-0.4, -0.2) is 5.97 Å². The van der Waals surface area contributed by atoms with Crippen LogP contribution >= 0.6 is 0 Å². The monoisotopic (exact) mass is 208 g/mol. The van der Waals surface area contributed by atoms with E-state index in [1.165, 1.54) is 24.5 Å². The average Bonchev–Trinajstić information content (AvgIpc) is 2.71. The van der Waals surface area contributed by atoms with Crippen molar-refractivity contribution < 1.29 is 18.3 Å². The quantitative estimate of drug-likeness (QED) is 0.562. The molecule has 0 bridgehead atoms. The minimum atomic E-state index is -0.393. The van der Waals surface area contributed by atoms with E-state index >= 15 is 0 Å². The van der Waals surface area contributed by atoms with Crippen molar-refractivity contribution in [2.24, 2.45) is 0 Å². The van der Waals surface area contributed by atoms with Crippen molar-refractivity contribution in [3.8, 4) is 5.75 Å². The van der Waals surface area contributed by atoms with Gasteiger partial charge in [-0.2, -0.15) is 0 Å². The fraction of sp³-hybridized carbons (Fsp3) is 0.182. The Kier molecular flexibility index (Phi) is 2.41. The molecule has 0 fully saturated rings. The molecule has 3 nitrogen and oxygen atoms in total. The van der Waals surface area contributed by atoms with Gasteiger partial charge >= 0.3 is 5.97 Å². The number of furan rings is 1. The van der Waals surface area contributed by atoms with Crippen molar-refractivity contribution in [1.82, 2.24) is 0 Å². The van der Waals surface area contributed by atoms with Gasteiger partial charge in [-0.25, -0.2) is 4.39 Å². The summed E-state index contributed by atoms with van der Waals surface area (Å²) in [7, 11) is 0. The van der Waals surface area contributed by atoms with E-state index in [0.717, 1.165) is 0 Å². The highest BCUT2D eigenvalue weighted by atomic mass is 19.1. The number of benzene rings is 1. The van der Waals surface area contributed by atoms with Crippen molar-refractivity contribution in [3.63, 3.8) is 0 Å². The summed E-state index contributed by atoms with van der Waals surface area (Å²) in [5.41, 5.74) is 0.261. The number of carbonyl (C=O) groups excluding carboxylic acids is 1. The van der Waals surface area contributed by atoms with Crippen LogP contribution in [0.5, 0.6) is 5.75 Å². The third kappa shape index (κ3) is 1.70. The molecule has 0 N–H and O–H groups in total. The second kappa shape index (κ2) is 3.73. The molecule has 0 aliphatic rings. The molecule has 78 valence electrons. The minimum Gasteiger partial charge on any atom is -0.460 e. The largest absolute Gasteiger partial charge is 0.460 e. The smallest absolute Gasteiger partial charge is 0.311 e. The van der Waals surface area contributed by atoms with Crippen molar-refractivity contribution in [2.75, 3.05) is 0 Å². The molecule has 0 atom stereocenters. The van der Waals surface area contributed by atoms with Gasteiger partial charge in [0.2, 0.25) is 0 Å². The number of esters is 1. The third-order valence-corrected chi connectivity index (χ3v) is 2.04. The first-order valence-corrected chi connectivity index (χ1v) is 4.58. The van der Waals surface area contributed by atoms with Crippen LogP contribution in [0.25, 0.3) is 11.0 Å². The molecule has 0 aliphatic heterocycles. The summed E-state index contributed by atoms with van der Waals surface area (Å²) in [4.78, 5) is 11.1. The Morgan fingerprint density at radius 2 is 2.27 bits per heavy atom. The number of fused-ring (bicyclic) bond motifs is 1. The van der Waals surface area contributed by atoms with Gasteiger partial charge in [0, 0.05) is 6.42 Å². The van der Waals surface area contributed by atoms with Gasteiger partial charge in [0.1, 0.15) is 5.82 Å². The normalized spacial score (nSPS) is 10.5. The first-order chi connectivity index (χ1) is 7.22.